The minimum absolute atomic E-state index is 0.695. The van der Waals surface area contributed by atoms with Crippen molar-refractivity contribution in [3.05, 3.63) is 34.1 Å². The third kappa shape index (κ3) is 5.99. The van der Waals surface area contributed by atoms with Crippen LogP contribution in [0.2, 0.25) is 0 Å². The molecule has 3 heteroatoms. The van der Waals surface area contributed by atoms with E-state index in [4.69, 9.17) is 0 Å². The van der Waals surface area contributed by atoms with Gasteiger partial charge in [0, 0.05) is 23.4 Å². The molecule has 0 aromatic carbocycles. The van der Waals surface area contributed by atoms with Gasteiger partial charge in [-0.2, -0.15) is 0 Å². The van der Waals surface area contributed by atoms with Crippen LogP contribution in [-0.4, -0.2) is 18.1 Å². The van der Waals surface area contributed by atoms with Crippen molar-refractivity contribution in [2.24, 2.45) is 5.92 Å². The molecule has 1 aromatic heterocycles. The van der Waals surface area contributed by atoms with Gasteiger partial charge in [0.05, 0.1) is 0 Å². The second-order valence-corrected chi connectivity index (χ2v) is 5.53. The topological polar surface area (TPSA) is 24.9 Å². The lowest BCUT2D eigenvalue weighted by atomic mass is 10.1. The minimum atomic E-state index is 0.695. The molecule has 0 aliphatic rings. The van der Waals surface area contributed by atoms with Crippen molar-refractivity contribution in [1.82, 2.24) is 10.3 Å². The van der Waals surface area contributed by atoms with E-state index in [0.717, 1.165) is 29.5 Å². The number of hydrogen-bond acceptors (Lipinski definition) is 2. The molecular formula is C14H21BrN2. The zero-order valence-corrected chi connectivity index (χ0v) is 12.4. The Labute approximate surface area is 113 Å². The average molecular weight is 297 g/mol. The van der Waals surface area contributed by atoms with Crippen molar-refractivity contribution in [2.45, 2.75) is 27.2 Å². The Morgan fingerprint density at radius 3 is 2.82 bits per heavy atom. The molecule has 0 saturated heterocycles. The fraction of sp³-hybridized carbons (Fsp3) is 0.500. The first-order valence-electron chi connectivity index (χ1n) is 6.12. The van der Waals surface area contributed by atoms with Gasteiger partial charge >= 0.3 is 0 Å². The fourth-order valence-corrected chi connectivity index (χ4v) is 1.92. The molecule has 0 radical (unpaired) electrons. The van der Waals surface area contributed by atoms with Crippen molar-refractivity contribution in [1.29, 1.82) is 0 Å². The Morgan fingerprint density at radius 1 is 1.47 bits per heavy atom. The van der Waals surface area contributed by atoms with Gasteiger partial charge in [-0.05, 0) is 46.4 Å². The van der Waals surface area contributed by atoms with Gasteiger partial charge in [-0.15, -0.1) is 0 Å². The molecule has 17 heavy (non-hydrogen) atoms. The highest BCUT2D eigenvalue weighted by Gasteiger charge is 1.98. The number of nitrogens with one attached hydrogen (secondary N) is 1. The van der Waals surface area contributed by atoms with Crippen molar-refractivity contribution < 1.29 is 0 Å². The van der Waals surface area contributed by atoms with Crippen LogP contribution in [0, 0.1) is 5.92 Å². The van der Waals surface area contributed by atoms with Crippen molar-refractivity contribution in [2.75, 3.05) is 13.1 Å². The van der Waals surface area contributed by atoms with Crippen LogP contribution in [0.25, 0.3) is 6.08 Å². The third-order valence-electron chi connectivity index (χ3n) is 2.46. The first-order chi connectivity index (χ1) is 8.11. The number of aromatic nitrogens is 1. The van der Waals surface area contributed by atoms with E-state index in [2.05, 4.69) is 59.1 Å². The highest BCUT2D eigenvalue weighted by Crippen LogP contribution is 2.13. The van der Waals surface area contributed by atoms with E-state index in [1.807, 2.05) is 6.20 Å². The SMILES string of the molecule is CC/C(=C/c1cncc(Br)c1)CNCC(C)C. The maximum Gasteiger partial charge on any atom is 0.0410 e. The maximum absolute atomic E-state index is 4.17. The van der Waals surface area contributed by atoms with Gasteiger partial charge in [-0.1, -0.05) is 32.4 Å². The zero-order valence-electron chi connectivity index (χ0n) is 10.8. The van der Waals surface area contributed by atoms with Gasteiger partial charge in [0.1, 0.15) is 0 Å². The summed E-state index contributed by atoms with van der Waals surface area (Å²) in [6.07, 6.45) is 6.98. The van der Waals surface area contributed by atoms with Crippen LogP contribution in [0.5, 0.6) is 0 Å². The van der Waals surface area contributed by atoms with Crippen LogP contribution in [0.1, 0.15) is 32.8 Å². The predicted molar refractivity (Wildman–Crippen MR) is 77.9 cm³/mol. The van der Waals surface area contributed by atoms with Crippen LogP contribution in [0.3, 0.4) is 0 Å². The third-order valence-corrected chi connectivity index (χ3v) is 2.89. The van der Waals surface area contributed by atoms with Gasteiger partial charge in [0.2, 0.25) is 0 Å². The molecule has 1 N–H and O–H groups in total. The molecule has 94 valence electrons. The second kappa shape index (κ2) is 7.62. The standard InChI is InChI=1S/C14H21BrN2/c1-4-12(8-16-7-11(2)3)5-13-6-14(15)10-17-9-13/h5-6,9-11,16H,4,7-8H2,1-3H3/b12-5-. The Bertz CT molecular complexity index is 372. The molecule has 1 rings (SSSR count). The monoisotopic (exact) mass is 296 g/mol. The van der Waals surface area contributed by atoms with Crippen LogP contribution in [-0.2, 0) is 0 Å². The van der Waals surface area contributed by atoms with Crippen molar-refractivity contribution >= 4 is 22.0 Å². The van der Waals surface area contributed by atoms with E-state index < -0.39 is 0 Å². The number of nitrogens with zero attached hydrogens (tertiary/aromatic N) is 1. The van der Waals surface area contributed by atoms with Gasteiger partial charge in [-0.25, -0.2) is 0 Å². The van der Waals surface area contributed by atoms with E-state index in [1.54, 1.807) is 6.20 Å². The summed E-state index contributed by atoms with van der Waals surface area (Å²) in [5.41, 5.74) is 2.56. The molecule has 0 aliphatic carbocycles. The Hall–Kier alpha value is -0.670. The van der Waals surface area contributed by atoms with E-state index in [-0.39, 0.29) is 0 Å². The summed E-state index contributed by atoms with van der Waals surface area (Å²) >= 11 is 3.44. The Morgan fingerprint density at radius 2 is 2.24 bits per heavy atom. The Balaban J connectivity index is 2.60. The summed E-state index contributed by atoms with van der Waals surface area (Å²) in [6.45, 7) is 8.66. The second-order valence-electron chi connectivity index (χ2n) is 4.62. The van der Waals surface area contributed by atoms with Gasteiger partial charge in [0.15, 0.2) is 0 Å². The largest absolute Gasteiger partial charge is 0.313 e. The van der Waals surface area contributed by atoms with Crippen LogP contribution in [0.15, 0.2) is 28.5 Å². The smallest absolute Gasteiger partial charge is 0.0410 e. The molecule has 2 nitrogen and oxygen atoms in total. The molecule has 1 heterocycles. The van der Waals surface area contributed by atoms with Crippen molar-refractivity contribution in [3.8, 4) is 0 Å². The molecule has 0 spiro atoms. The van der Waals surface area contributed by atoms with E-state index in [9.17, 15) is 0 Å². The summed E-state index contributed by atoms with van der Waals surface area (Å²) in [4.78, 5) is 4.17. The van der Waals surface area contributed by atoms with Crippen molar-refractivity contribution in [3.63, 3.8) is 0 Å². The molecule has 0 amide bonds. The van der Waals surface area contributed by atoms with Crippen LogP contribution < -0.4 is 5.32 Å². The van der Waals surface area contributed by atoms with Gasteiger partial charge in [0.25, 0.3) is 0 Å². The van der Waals surface area contributed by atoms with Crippen LogP contribution in [0.4, 0.5) is 0 Å². The molecule has 0 bridgehead atoms. The summed E-state index contributed by atoms with van der Waals surface area (Å²) in [5, 5.41) is 3.47. The molecule has 0 fully saturated rings. The van der Waals surface area contributed by atoms with E-state index in [1.165, 1.54) is 5.57 Å². The normalized spacial score (nSPS) is 12.2. The number of halogens is 1. The maximum atomic E-state index is 4.17. The van der Waals surface area contributed by atoms with Gasteiger partial charge < -0.3 is 5.32 Å². The first-order valence-corrected chi connectivity index (χ1v) is 6.91. The number of pyridine rings is 1. The first kappa shape index (κ1) is 14.4. The van der Waals surface area contributed by atoms with E-state index >= 15 is 0 Å². The lowest BCUT2D eigenvalue weighted by Crippen LogP contribution is -2.21. The van der Waals surface area contributed by atoms with Gasteiger partial charge in [-0.3, -0.25) is 4.98 Å². The average Bonchev–Trinajstić information content (AvgIpc) is 2.27. The zero-order chi connectivity index (χ0) is 12.7. The number of hydrogen-bond donors (Lipinski definition) is 1. The lowest BCUT2D eigenvalue weighted by Gasteiger charge is -2.09. The molecule has 0 saturated carbocycles. The molecule has 0 unspecified atom stereocenters. The quantitative estimate of drug-likeness (QED) is 0.862. The van der Waals surface area contributed by atoms with E-state index in [0.29, 0.717) is 5.92 Å². The number of rotatable bonds is 6. The minimum Gasteiger partial charge on any atom is -0.313 e. The van der Waals surface area contributed by atoms with Crippen LogP contribution >= 0.6 is 15.9 Å². The molecule has 0 atom stereocenters. The highest BCUT2D eigenvalue weighted by atomic mass is 79.9. The summed E-state index contributed by atoms with van der Waals surface area (Å²) in [7, 11) is 0. The molecule has 1 aromatic rings. The lowest BCUT2D eigenvalue weighted by molar-refractivity contribution is 0.569. The molecular weight excluding hydrogens is 276 g/mol. The molecule has 0 aliphatic heterocycles. The Kier molecular flexibility index (Phi) is 6.45. The predicted octanol–water partition coefficient (Wildman–Crippen LogP) is 3.88. The summed E-state index contributed by atoms with van der Waals surface area (Å²) < 4.78 is 1.02. The highest BCUT2D eigenvalue weighted by molar-refractivity contribution is 9.10. The summed E-state index contributed by atoms with van der Waals surface area (Å²) in [5.74, 6) is 0.695. The fourth-order valence-electron chi connectivity index (χ4n) is 1.54. The summed E-state index contributed by atoms with van der Waals surface area (Å²) in [6, 6.07) is 2.09.